The second-order valence-electron chi connectivity index (χ2n) is 12.9. The third-order valence-corrected chi connectivity index (χ3v) is 12.8. The first kappa shape index (κ1) is 31.8. The molecule has 2 N–H and O–H groups in total. The van der Waals surface area contributed by atoms with Gasteiger partial charge in [-0.3, -0.25) is 19.7 Å². The third-order valence-electron chi connectivity index (χ3n) is 9.67. The van der Waals surface area contributed by atoms with E-state index in [1.165, 1.54) is 12.1 Å². The quantitative estimate of drug-likeness (QED) is 0.153. The lowest BCUT2D eigenvalue weighted by molar-refractivity contribution is -0.385. The van der Waals surface area contributed by atoms with Crippen molar-refractivity contribution in [2.24, 2.45) is 5.92 Å². The Kier molecular flexibility index (Phi) is 8.39. The molecule has 45 heavy (non-hydrogen) atoms. The molecule has 0 bridgehead atoms. The molecule has 3 aromatic carbocycles. The minimum absolute atomic E-state index is 0.0964. The van der Waals surface area contributed by atoms with Crippen molar-refractivity contribution in [3.63, 3.8) is 0 Å². The number of nitro benzene ring substituents is 1. The Morgan fingerprint density at radius 3 is 2.53 bits per heavy atom. The predicted octanol–water partition coefficient (Wildman–Crippen LogP) is 4.88. The maximum atomic E-state index is 14.6. The topological polar surface area (TPSA) is 133 Å². The van der Waals surface area contributed by atoms with Gasteiger partial charge in [0.15, 0.2) is 13.9 Å². The number of halogens is 1. The Morgan fingerprint density at radius 1 is 1.13 bits per heavy atom. The van der Waals surface area contributed by atoms with Gasteiger partial charge in [0.2, 0.25) is 5.91 Å². The molecule has 0 aromatic heterocycles. The van der Waals surface area contributed by atoms with Crippen LogP contribution in [-0.2, 0) is 39.4 Å². The highest BCUT2D eigenvalue weighted by Crippen LogP contribution is 2.60. The Bertz CT molecular complexity index is 1680. The van der Waals surface area contributed by atoms with E-state index in [1.807, 2.05) is 55.5 Å². The number of nitrogens with zero attached hydrogens (tertiary/aromatic N) is 3. The van der Waals surface area contributed by atoms with Gasteiger partial charge in [-0.25, -0.2) is 0 Å². The number of benzene rings is 3. The summed E-state index contributed by atoms with van der Waals surface area (Å²) in [4.78, 5) is 55.0. The molecule has 236 valence electrons. The van der Waals surface area contributed by atoms with Crippen LogP contribution in [0.15, 0.2) is 66.7 Å². The van der Waals surface area contributed by atoms with Gasteiger partial charge in [0.05, 0.1) is 42.3 Å². The zero-order valence-corrected chi connectivity index (χ0v) is 28.5. The van der Waals surface area contributed by atoms with E-state index in [4.69, 9.17) is 4.74 Å². The first-order valence-corrected chi connectivity index (χ1v) is 19.2. The summed E-state index contributed by atoms with van der Waals surface area (Å²) in [5.41, 5.74) is 1.60. The summed E-state index contributed by atoms with van der Waals surface area (Å²) in [6.45, 7) is 5.79. The predicted molar refractivity (Wildman–Crippen MR) is 179 cm³/mol. The van der Waals surface area contributed by atoms with Gasteiger partial charge in [0.1, 0.15) is 0 Å². The van der Waals surface area contributed by atoms with E-state index >= 15 is 0 Å². The number of nitro groups is 1. The standard InChI is InChI=1S/C33H36IN3O7Si/c1-20-31(45(2,3)43)29(16-30(39)35-18-23-9-5-4-8-22(23)14-26(35)19-38)44-33(20)27-15-25(37(41)42)11-12-28(27)36(32(33)40)17-21-7-6-10-24(34)13-21/h4-13,15,20,26,29,31,38,43H,14,16-19H2,1-3H3/t20-,26+,29+,31-,33+/m1/s1. The third kappa shape index (κ3) is 5.50. The summed E-state index contributed by atoms with van der Waals surface area (Å²) in [5.74, 6) is -1.17. The summed E-state index contributed by atoms with van der Waals surface area (Å²) in [6, 6.07) is 19.6. The van der Waals surface area contributed by atoms with E-state index in [0.29, 0.717) is 24.2 Å². The van der Waals surface area contributed by atoms with Crippen LogP contribution in [0.25, 0.3) is 0 Å². The number of amides is 2. The summed E-state index contributed by atoms with van der Waals surface area (Å²) < 4.78 is 7.78. The molecule has 1 spiro atoms. The van der Waals surface area contributed by atoms with Gasteiger partial charge in [-0.1, -0.05) is 43.3 Å². The van der Waals surface area contributed by atoms with Gasteiger partial charge in [0, 0.05) is 39.3 Å². The van der Waals surface area contributed by atoms with Crippen LogP contribution < -0.4 is 4.90 Å². The smallest absolute Gasteiger partial charge is 0.269 e. The fourth-order valence-corrected chi connectivity index (χ4v) is 10.8. The summed E-state index contributed by atoms with van der Waals surface area (Å²) in [5, 5.41) is 22.1. The number of ether oxygens (including phenoxy) is 1. The van der Waals surface area contributed by atoms with Gasteiger partial charge in [-0.05, 0) is 77.0 Å². The molecule has 10 nitrogen and oxygen atoms in total. The van der Waals surface area contributed by atoms with E-state index in [2.05, 4.69) is 22.6 Å². The normalized spacial score (nSPS) is 25.9. The Morgan fingerprint density at radius 2 is 1.87 bits per heavy atom. The van der Waals surface area contributed by atoms with Crippen molar-refractivity contribution in [1.82, 2.24) is 4.90 Å². The summed E-state index contributed by atoms with van der Waals surface area (Å²) >= 11 is 2.21. The number of aliphatic hydroxyl groups is 1. The number of anilines is 1. The number of carbonyl (C=O) groups is 2. The van der Waals surface area contributed by atoms with Crippen molar-refractivity contribution in [3.8, 4) is 0 Å². The van der Waals surface area contributed by atoms with Gasteiger partial charge >= 0.3 is 0 Å². The molecule has 0 radical (unpaired) electrons. The lowest BCUT2D eigenvalue weighted by Crippen LogP contribution is -2.48. The zero-order chi connectivity index (χ0) is 32.3. The zero-order valence-electron chi connectivity index (χ0n) is 25.4. The number of hydrogen-bond acceptors (Lipinski definition) is 7. The molecule has 1 fully saturated rings. The molecule has 5 atom stereocenters. The minimum atomic E-state index is -3.08. The second-order valence-corrected chi connectivity index (χ2v) is 18.1. The highest BCUT2D eigenvalue weighted by Gasteiger charge is 2.66. The van der Waals surface area contributed by atoms with Crippen LogP contribution in [-0.4, -0.2) is 58.6 Å². The monoisotopic (exact) mass is 741 g/mol. The van der Waals surface area contributed by atoms with Gasteiger partial charge in [0.25, 0.3) is 11.6 Å². The largest absolute Gasteiger partial charge is 0.432 e. The fraction of sp³-hybridized carbons (Fsp3) is 0.394. The molecule has 2 amide bonds. The van der Waals surface area contributed by atoms with Crippen LogP contribution in [0.4, 0.5) is 11.4 Å². The number of fused-ring (bicyclic) bond motifs is 3. The molecular weight excluding hydrogens is 705 g/mol. The molecule has 3 aliphatic rings. The van der Waals surface area contributed by atoms with Gasteiger partial charge in [-0.2, -0.15) is 0 Å². The summed E-state index contributed by atoms with van der Waals surface area (Å²) in [7, 11) is -3.08. The molecule has 6 rings (SSSR count). The number of hydrogen-bond donors (Lipinski definition) is 2. The van der Waals surface area contributed by atoms with Crippen molar-refractivity contribution in [3.05, 3.63) is 103 Å². The van der Waals surface area contributed by atoms with Crippen molar-refractivity contribution < 1.29 is 29.2 Å². The lowest BCUT2D eigenvalue weighted by atomic mass is 9.82. The molecule has 3 aliphatic heterocycles. The van der Waals surface area contributed by atoms with E-state index < -0.39 is 42.4 Å². The van der Waals surface area contributed by atoms with Crippen LogP contribution >= 0.6 is 22.6 Å². The highest BCUT2D eigenvalue weighted by molar-refractivity contribution is 14.1. The number of non-ortho nitro benzene ring substituents is 1. The van der Waals surface area contributed by atoms with Crippen LogP contribution in [0.5, 0.6) is 0 Å². The Balaban J connectivity index is 1.39. The SMILES string of the molecule is C[C@@H]1[C@@H]([Si](C)(C)O)[C@H](CC(=O)N2Cc3ccccc3C[C@H]2CO)O[C@@]12C(=O)N(Cc1cccc(I)c1)c1ccc([N+](=O)[O-])cc12. The van der Waals surface area contributed by atoms with Crippen molar-refractivity contribution in [2.45, 2.75) is 69.2 Å². The van der Waals surface area contributed by atoms with Crippen molar-refractivity contribution in [1.29, 1.82) is 0 Å². The average molecular weight is 742 g/mol. The van der Waals surface area contributed by atoms with E-state index in [1.54, 1.807) is 29.0 Å². The molecule has 0 aliphatic carbocycles. The van der Waals surface area contributed by atoms with E-state index in [0.717, 1.165) is 20.3 Å². The van der Waals surface area contributed by atoms with E-state index in [9.17, 15) is 29.6 Å². The summed E-state index contributed by atoms with van der Waals surface area (Å²) in [6.07, 6.45) is -0.387. The molecule has 12 heteroatoms. The van der Waals surface area contributed by atoms with E-state index in [-0.39, 0.29) is 37.1 Å². The maximum Gasteiger partial charge on any atom is 0.269 e. The van der Waals surface area contributed by atoms with Crippen molar-refractivity contribution >= 4 is 54.1 Å². The molecule has 3 heterocycles. The van der Waals surface area contributed by atoms with Gasteiger partial charge in [-0.15, -0.1) is 0 Å². The van der Waals surface area contributed by atoms with Crippen LogP contribution in [0.2, 0.25) is 18.6 Å². The molecule has 0 unspecified atom stereocenters. The number of aliphatic hydroxyl groups excluding tert-OH is 1. The highest BCUT2D eigenvalue weighted by atomic mass is 127. The lowest BCUT2D eigenvalue weighted by Gasteiger charge is -2.37. The second kappa shape index (κ2) is 11.9. The molecule has 0 saturated carbocycles. The Hall–Kier alpha value is -3.17. The van der Waals surface area contributed by atoms with Crippen LogP contribution in [0.1, 0.15) is 35.6 Å². The molecule has 1 saturated heterocycles. The minimum Gasteiger partial charge on any atom is -0.432 e. The fourth-order valence-electron chi connectivity index (χ4n) is 7.69. The molecular formula is C33H36IN3O7Si. The van der Waals surface area contributed by atoms with Crippen LogP contribution in [0.3, 0.4) is 0 Å². The molecule has 3 aromatic rings. The average Bonchev–Trinajstić information content (AvgIpc) is 3.42. The Labute approximate surface area is 276 Å². The number of rotatable bonds is 7. The van der Waals surface area contributed by atoms with Crippen molar-refractivity contribution in [2.75, 3.05) is 11.5 Å². The maximum absolute atomic E-state index is 14.6. The first-order chi connectivity index (χ1) is 21.3. The van der Waals surface area contributed by atoms with Crippen LogP contribution in [0, 0.1) is 19.6 Å². The van der Waals surface area contributed by atoms with Gasteiger partial charge < -0.3 is 24.4 Å². The first-order valence-electron chi connectivity index (χ1n) is 15.1. The number of carbonyl (C=O) groups excluding carboxylic acids is 2.